The normalized spacial score (nSPS) is 13.0. The predicted octanol–water partition coefficient (Wildman–Crippen LogP) is 1.05. The van der Waals surface area contributed by atoms with Gasteiger partial charge in [0.2, 0.25) is 5.91 Å². The first-order chi connectivity index (χ1) is 8.75. The van der Waals surface area contributed by atoms with E-state index < -0.39 is 15.1 Å². The van der Waals surface area contributed by atoms with Crippen LogP contribution in [0.4, 0.5) is 5.69 Å². The Morgan fingerprint density at radius 1 is 1.32 bits per heavy atom. The van der Waals surface area contributed by atoms with Gasteiger partial charge in [-0.25, -0.2) is 8.42 Å². The van der Waals surface area contributed by atoms with Crippen molar-refractivity contribution in [2.75, 3.05) is 18.5 Å². The number of carbonyl (C=O) groups excluding carboxylic acids is 1. The summed E-state index contributed by atoms with van der Waals surface area (Å²) in [4.78, 5) is 13.6. The number of sulfone groups is 1. The Labute approximate surface area is 114 Å². The number of hydrogen-bond donors (Lipinski definition) is 1. The molecule has 106 valence electrons. The van der Waals surface area contributed by atoms with Crippen molar-refractivity contribution in [3.63, 3.8) is 0 Å². The molecular weight excluding hydrogens is 264 g/mol. The van der Waals surface area contributed by atoms with Crippen molar-refractivity contribution >= 4 is 21.4 Å². The largest absolute Gasteiger partial charge is 0.399 e. The van der Waals surface area contributed by atoms with E-state index in [1.807, 2.05) is 19.1 Å². The van der Waals surface area contributed by atoms with Crippen LogP contribution in [0.15, 0.2) is 24.3 Å². The van der Waals surface area contributed by atoms with Crippen molar-refractivity contribution in [2.45, 2.75) is 25.6 Å². The first-order valence-electron chi connectivity index (χ1n) is 6.07. The van der Waals surface area contributed by atoms with Gasteiger partial charge in [0.1, 0.15) is 5.25 Å². The molecule has 0 saturated carbocycles. The Morgan fingerprint density at radius 3 is 2.26 bits per heavy atom. The van der Waals surface area contributed by atoms with E-state index in [-0.39, 0.29) is 5.91 Å². The van der Waals surface area contributed by atoms with E-state index in [0.717, 1.165) is 11.8 Å². The smallest absolute Gasteiger partial charge is 0.240 e. The van der Waals surface area contributed by atoms with Gasteiger partial charge in [-0.05, 0) is 31.5 Å². The maximum absolute atomic E-state index is 12.1. The van der Waals surface area contributed by atoms with Gasteiger partial charge in [-0.15, -0.1) is 0 Å². The molecule has 0 aliphatic heterocycles. The van der Waals surface area contributed by atoms with E-state index in [4.69, 9.17) is 5.73 Å². The number of nitrogens with zero attached hydrogens (tertiary/aromatic N) is 1. The van der Waals surface area contributed by atoms with E-state index in [0.29, 0.717) is 18.8 Å². The second kappa shape index (κ2) is 6.06. The van der Waals surface area contributed by atoms with Gasteiger partial charge < -0.3 is 10.6 Å². The van der Waals surface area contributed by atoms with E-state index >= 15 is 0 Å². The second-order valence-corrected chi connectivity index (χ2v) is 6.93. The lowest BCUT2D eigenvalue weighted by Crippen LogP contribution is -2.40. The molecule has 0 aromatic heterocycles. The van der Waals surface area contributed by atoms with E-state index in [1.165, 1.54) is 11.8 Å². The molecule has 0 saturated heterocycles. The molecule has 5 nitrogen and oxygen atoms in total. The zero-order chi connectivity index (χ0) is 14.6. The number of carbonyl (C=O) groups is 1. The summed E-state index contributed by atoms with van der Waals surface area (Å²) in [6.45, 7) is 4.09. The van der Waals surface area contributed by atoms with E-state index in [9.17, 15) is 13.2 Å². The molecule has 0 radical (unpaired) electrons. The standard InChI is InChI=1S/C13H20N2O3S/c1-4-15(13(16)10(2)19(3,17)18)9-11-5-7-12(14)8-6-11/h5-8,10H,4,9,14H2,1-3H3. The molecule has 0 fully saturated rings. The molecule has 0 aliphatic carbocycles. The maximum Gasteiger partial charge on any atom is 0.240 e. The minimum Gasteiger partial charge on any atom is -0.399 e. The van der Waals surface area contributed by atoms with Crippen molar-refractivity contribution in [1.82, 2.24) is 4.90 Å². The van der Waals surface area contributed by atoms with Crippen LogP contribution in [0.1, 0.15) is 19.4 Å². The quantitative estimate of drug-likeness (QED) is 0.820. The van der Waals surface area contributed by atoms with Crippen molar-refractivity contribution in [1.29, 1.82) is 0 Å². The highest BCUT2D eigenvalue weighted by atomic mass is 32.2. The number of nitrogens with two attached hydrogens (primary N) is 1. The summed E-state index contributed by atoms with van der Waals surface area (Å²) in [5.41, 5.74) is 7.17. The summed E-state index contributed by atoms with van der Waals surface area (Å²) in [6.07, 6.45) is 1.08. The fourth-order valence-corrected chi connectivity index (χ4v) is 2.14. The Hall–Kier alpha value is -1.56. The number of anilines is 1. The summed E-state index contributed by atoms with van der Waals surface area (Å²) in [6, 6.07) is 7.17. The monoisotopic (exact) mass is 284 g/mol. The number of amides is 1. The van der Waals surface area contributed by atoms with Crippen molar-refractivity contribution in [3.8, 4) is 0 Å². The van der Waals surface area contributed by atoms with Gasteiger partial charge in [-0.2, -0.15) is 0 Å². The maximum atomic E-state index is 12.1. The molecule has 1 unspecified atom stereocenters. The molecule has 1 aromatic carbocycles. The number of hydrogen-bond acceptors (Lipinski definition) is 4. The van der Waals surface area contributed by atoms with Gasteiger partial charge in [0.05, 0.1) is 0 Å². The minimum atomic E-state index is -3.37. The second-order valence-electron chi connectivity index (χ2n) is 4.57. The van der Waals surface area contributed by atoms with Crippen LogP contribution >= 0.6 is 0 Å². The average Bonchev–Trinajstić information content (AvgIpc) is 2.35. The molecular formula is C13H20N2O3S. The molecule has 0 spiro atoms. The molecule has 1 atom stereocenters. The predicted molar refractivity (Wildman–Crippen MR) is 76.3 cm³/mol. The Balaban J connectivity index is 2.84. The van der Waals surface area contributed by atoms with Gasteiger partial charge in [-0.1, -0.05) is 12.1 Å². The van der Waals surface area contributed by atoms with Crippen LogP contribution in [0.25, 0.3) is 0 Å². The Kier molecular flexibility index (Phi) is 4.94. The van der Waals surface area contributed by atoms with Gasteiger partial charge >= 0.3 is 0 Å². The van der Waals surface area contributed by atoms with Crippen LogP contribution in [0.2, 0.25) is 0 Å². The summed E-state index contributed by atoms with van der Waals surface area (Å²) < 4.78 is 22.9. The number of nitrogen functional groups attached to an aromatic ring is 1. The molecule has 19 heavy (non-hydrogen) atoms. The molecule has 1 aromatic rings. The average molecular weight is 284 g/mol. The highest BCUT2D eigenvalue weighted by molar-refractivity contribution is 7.92. The molecule has 6 heteroatoms. The van der Waals surface area contributed by atoms with Gasteiger partial charge in [-0.3, -0.25) is 4.79 Å². The third-order valence-corrected chi connectivity index (χ3v) is 4.52. The fraction of sp³-hybridized carbons (Fsp3) is 0.462. The molecule has 0 bridgehead atoms. The molecule has 0 aliphatic rings. The first-order valence-corrected chi connectivity index (χ1v) is 8.03. The Morgan fingerprint density at radius 2 is 1.84 bits per heavy atom. The molecule has 0 heterocycles. The molecule has 1 amide bonds. The minimum absolute atomic E-state index is 0.373. The van der Waals surface area contributed by atoms with Crippen LogP contribution in [0, 0.1) is 0 Å². The van der Waals surface area contributed by atoms with Crippen LogP contribution < -0.4 is 5.73 Å². The third kappa shape index (κ3) is 4.24. The van der Waals surface area contributed by atoms with E-state index in [1.54, 1.807) is 12.1 Å². The van der Waals surface area contributed by atoms with Crippen molar-refractivity contribution in [2.24, 2.45) is 0 Å². The summed E-state index contributed by atoms with van der Waals surface area (Å²) >= 11 is 0. The summed E-state index contributed by atoms with van der Waals surface area (Å²) in [5.74, 6) is -0.373. The van der Waals surface area contributed by atoms with Crippen LogP contribution in [0.5, 0.6) is 0 Å². The summed E-state index contributed by atoms with van der Waals surface area (Å²) in [5, 5.41) is -1.01. The van der Waals surface area contributed by atoms with E-state index in [2.05, 4.69) is 0 Å². The van der Waals surface area contributed by atoms with Crippen molar-refractivity contribution < 1.29 is 13.2 Å². The zero-order valence-corrected chi connectivity index (χ0v) is 12.3. The van der Waals surface area contributed by atoms with Gasteiger partial charge in [0, 0.05) is 25.0 Å². The topological polar surface area (TPSA) is 80.5 Å². The summed E-state index contributed by atoms with van der Waals surface area (Å²) in [7, 11) is -3.37. The lowest BCUT2D eigenvalue weighted by atomic mass is 10.2. The van der Waals surface area contributed by atoms with Crippen LogP contribution in [-0.4, -0.2) is 37.3 Å². The highest BCUT2D eigenvalue weighted by Crippen LogP contribution is 2.11. The van der Waals surface area contributed by atoms with Gasteiger partial charge in [0.25, 0.3) is 0 Å². The Bertz CT molecular complexity index is 538. The van der Waals surface area contributed by atoms with Crippen molar-refractivity contribution in [3.05, 3.63) is 29.8 Å². The third-order valence-electron chi connectivity index (χ3n) is 3.04. The fourth-order valence-electron chi connectivity index (χ4n) is 1.63. The molecule has 1 rings (SSSR count). The highest BCUT2D eigenvalue weighted by Gasteiger charge is 2.27. The van der Waals surface area contributed by atoms with Crippen LogP contribution in [-0.2, 0) is 21.2 Å². The lowest BCUT2D eigenvalue weighted by molar-refractivity contribution is -0.130. The zero-order valence-electron chi connectivity index (χ0n) is 11.5. The SMILES string of the molecule is CCN(Cc1ccc(N)cc1)C(=O)C(C)S(C)(=O)=O. The lowest BCUT2D eigenvalue weighted by Gasteiger charge is -2.23. The molecule has 2 N–H and O–H groups in total. The first kappa shape index (κ1) is 15.5. The van der Waals surface area contributed by atoms with Crippen LogP contribution in [0.3, 0.4) is 0 Å². The number of benzene rings is 1. The number of rotatable bonds is 5. The van der Waals surface area contributed by atoms with Gasteiger partial charge in [0.15, 0.2) is 9.84 Å².